The van der Waals surface area contributed by atoms with E-state index in [2.05, 4.69) is 4.98 Å². The zero-order valence-electron chi connectivity index (χ0n) is 15.0. The van der Waals surface area contributed by atoms with Gasteiger partial charge in [0, 0.05) is 32.4 Å². The van der Waals surface area contributed by atoms with Crippen molar-refractivity contribution in [3.8, 4) is 5.75 Å². The van der Waals surface area contributed by atoms with Gasteiger partial charge in [0.15, 0.2) is 6.10 Å². The SMILES string of the molecule is COc1ccc([C@@H](O)C(=O)N2CCN(c3ncccc3C(N)=O)CC2)cc1. The highest BCUT2D eigenvalue weighted by molar-refractivity contribution is 5.97. The molecule has 142 valence electrons. The van der Waals surface area contributed by atoms with Crippen molar-refractivity contribution in [3.05, 3.63) is 53.7 Å². The van der Waals surface area contributed by atoms with Crippen molar-refractivity contribution < 1.29 is 19.4 Å². The predicted octanol–water partition coefficient (Wildman–Crippen LogP) is 0.571. The number of hydrogen-bond donors (Lipinski definition) is 2. The van der Waals surface area contributed by atoms with Crippen LogP contribution < -0.4 is 15.4 Å². The molecule has 27 heavy (non-hydrogen) atoms. The minimum atomic E-state index is -1.22. The van der Waals surface area contributed by atoms with Crippen LogP contribution >= 0.6 is 0 Å². The molecule has 1 atom stereocenters. The molecule has 1 saturated heterocycles. The number of carbonyl (C=O) groups excluding carboxylic acids is 2. The van der Waals surface area contributed by atoms with Crippen LogP contribution in [-0.2, 0) is 4.79 Å². The van der Waals surface area contributed by atoms with Crippen molar-refractivity contribution in [2.45, 2.75) is 6.10 Å². The number of pyridine rings is 1. The molecule has 2 heterocycles. The van der Waals surface area contributed by atoms with Crippen molar-refractivity contribution >= 4 is 17.6 Å². The van der Waals surface area contributed by atoms with Crippen LogP contribution in [0.2, 0.25) is 0 Å². The van der Waals surface area contributed by atoms with E-state index in [1.54, 1.807) is 54.6 Å². The molecule has 0 bridgehead atoms. The number of hydrogen-bond acceptors (Lipinski definition) is 6. The lowest BCUT2D eigenvalue weighted by atomic mass is 10.1. The van der Waals surface area contributed by atoms with E-state index < -0.39 is 12.0 Å². The first kappa shape index (κ1) is 18.7. The molecule has 0 aliphatic carbocycles. The van der Waals surface area contributed by atoms with Gasteiger partial charge in [0.1, 0.15) is 11.6 Å². The highest BCUT2D eigenvalue weighted by Crippen LogP contribution is 2.22. The molecule has 8 heteroatoms. The van der Waals surface area contributed by atoms with Gasteiger partial charge < -0.3 is 25.4 Å². The van der Waals surface area contributed by atoms with Gasteiger partial charge in [-0.3, -0.25) is 9.59 Å². The summed E-state index contributed by atoms with van der Waals surface area (Å²) in [7, 11) is 1.56. The van der Waals surface area contributed by atoms with Gasteiger partial charge >= 0.3 is 0 Å². The average molecular weight is 370 g/mol. The number of nitrogens with two attached hydrogens (primary N) is 1. The number of benzene rings is 1. The smallest absolute Gasteiger partial charge is 0.256 e. The fraction of sp³-hybridized carbons (Fsp3) is 0.316. The Kier molecular flexibility index (Phi) is 5.56. The number of rotatable bonds is 5. The minimum Gasteiger partial charge on any atom is -0.497 e. The first-order chi connectivity index (χ1) is 13.0. The normalized spacial score (nSPS) is 15.3. The number of amides is 2. The van der Waals surface area contributed by atoms with E-state index in [1.807, 2.05) is 4.90 Å². The molecule has 1 aliphatic heterocycles. The number of aliphatic hydroxyl groups excluding tert-OH is 1. The topological polar surface area (TPSA) is 109 Å². The summed E-state index contributed by atoms with van der Waals surface area (Å²) < 4.78 is 5.08. The minimum absolute atomic E-state index is 0.351. The maximum Gasteiger partial charge on any atom is 0.256 e. The Balaban J connectivity index is 1.64. The van der Waals surface area contributed by atoms with Gasteiger partial charge in [0.2, 0.25) is 0 Å². The van der Waals surface area contributed by atoms with Crippen LogP contribution in [-0.4, -0.2) is 60.1 Å². The van der Waals surface area contributed by atoms with Crippen molar-refractivity contribution in [2.24, 2.45) is 5.73 Å². The molecule has 1 aliphatic rings. The molecule has 2 aromatic rings. The van der Waals surface area contributed by atoms with Crippen molar-refractivity contribution in [3.63, 3.8) is 0 Å². The number of anilines is 1. The first-order valence-electron chi connectivity index (χ1n) is 8.62. The molecule has 0 radical (unpaired) electrons. The van der Waals surface area contributed by atoms with E-state index in [-0.39, 0.29) is 5.91 Å². The molecule has 0 saturated carbocycles. The number of carbonyl (C=O) groups is 2. The van der Waals surface area contributed by atoms with Gasteiger partial charge in [-0.1, -0.05) is 12.1 Å². The second kappa shape index (κ2) is 8.05. The highest BCUT2D eigenvalue weighted by atomic mass is 16.5. The number of ether oxygens (including phenoxy) is 1. The molecule has 0 unspecified atom stereocenters. The lowest BCUT2D eigenvalue weighted by molar-refractivity contribution is -0.140. The summed E-state index contributed by atoms with van der Waals surface area (Å²) >= 11 is 0. The summed E-state index contributed by atoms with van der Waals surface area (Å²) in [6, 6.07) is 10.0. The van der Waals surface area contributed by atoms with E-state index in [4.69, 9.17) is 10.5 Å². The summed E-state index contributed by atoms with van der Waals surface area (Å²) in [6.07, 6.45) is 0.380. The third-order valence-corrected chi connectivity index (χ3v) is 4.61. The maximum atomic E-state index is 12.6. The van der Waals surface area contributed by atoms with Crippen LogP contribution in [0.5, 0.6) is 5.75 Å². The monoisotopic (exact) mass is 370 g/mol. The second-order valence-electron chi connectivity index (χ2n) is 6.23. The largest absolute Gasteiger partial charge is 0.497 e. The zero-order chi connectivity index (χ0) is 19.4. The molecule has 1 fully saturated rings. The molecule has 2 amide bonds. The Morgan fingerprint density at radius 3 is 2.41 bits per heavy atom. The van der Waals surface area contributed by atoms with E-state index >= 15 is 0 Å². The van der Waals surface area contributed by atoms with E-state index in [0.717, 1.165) is 0 Å². The third kappa shape index (κ3) is 4.01. The average Bonchev–Trinajstić information content (AvgIpc) is 2.73. The summed E-state index contributed by atoms with van der Waals surface area (Å²) in [5, 5.41) is 10.4. The lowest BCUT2D eigenvalue weighted by Gasteiger charge is -2.36. The number of primary amides is 1. The maximum absolute atomic E-state index is 12.6. The van der Waals surface area contributed by atoms with E-state index in [1.165, 1.54) is 0 Å². The van der Waals surface area contributed by atoms with E-state index in [0.29, 0.717) is 48.9 Å². The third-order valence-electron chi connectivity index (χ3n) is 4.61. The lowest BCUT2D eigenvalue weighted by Crippen LogP contribution is -2.50. The van der Waals surface area contributed by atoms with Gasteiger partial charge in [0.05, 0.1) is 12.7 Å². The Hall–Kier alpha value is -3.13. The summed E-state index contributed by atoms with van der Waals surface area (Å²) in [6.45, 7) is 1.83. The van der Waals surface area contributed by atoms with Crippen LogP contribution in [0.1, 0.15) is 22.0 Å². The van der Waals surface area contributed by atoms with Crippen LogP contribution in [0.25, 0.3) is 0 Å². The quantitative estimate of drug-likeness (QED) is 0.797. The Morgan fingerprint density at radius 1 is 1.15 bits per heavy atom. The second-order valence-corrected chi connectivity index (χ2v) is 6.23. The predicted molar refractivity (Wildman–Crippen MR) is 99.5 cm³/mol. The van der Waals surface area contributed by atoms with Crippen LogP contribution in [0.3, 0.4) is 0 Å². The molecule has 0 spiro atoms. The Morgan fingerprint density at radius 2 is 1.81 bits per heavy atom. The molecule has 8 nitrogen and oxygen atoms in total. The summed E-state index contributed by atoms with van der Waals surface area (Å²) in [5.41, 5.74) is 6.28. The molecule has 1 aromatic heterocycles. The van der Waals surface area contributed by atoms with Crippen molar-refractivity contribution in [1.29, 1.82) is 0 Å². The van der Waals surface area contributed by atoms with Crippen LogP contribution in [0.4, 0.5) is 5.82 Å². The van der Waals surface area contributed by atoms with Crippen molar-refractivity contribution in [2.75, 3.05) is 38.2 Å². The van der Waals surface area contributed by atoms with Crippen LogP contribution in [0.15, 0.2) is 42.6 Å². The fourth-order valence-corrected chi connectivity index (χ4v) is 3.08. The zero-order valence-corrected chi connectivity index (χ0v) is 15.0. The first-order valence-corrected chi connectivity index (χ1v) is 8.62. The Labute approximate surface area is 157 Å². The molecule has 1 aromatic carbocycles. The van der Waals surface area contributed by atoms with Gasteiger partial charge in [-0.25, -0.2) is 4.98 Å². The molecule has 3 N–H and O–H groups in total. The van der Waals surface area contributed by atoms with Gasteiger partial charge in [0.25, 0.3) is 11.8 Å². The van der Waals surface area contributed by atoms with Gasteiger partial charge in [-0.2, -0.15) is 0 Å². The number of piperazine rings is 1. The standard InChI is InChI=1S/C19H22N4O4/c1-27-14-6-4-13(5-7-14)16(24)19(26)23-11-9-22(10-12-23)18-15(17(20)25)3-2-8-21-18/h2-8,16,24H,9-12H2,1H3,(H2,20,25)/t16-/m1/s1. The number of methoxy groups -OCH3 is 1. The molecule has 3 rings (SSSR count). The van der Waals surface area contributed by atoms with Crippen molar-refractivity contribution in [1.82, 2.24) is 9.88 Å². The number of aromatic nitrogens is 1. The Bertz CT molecular complexity index is 817. The number of nitrogens with zero attached hydrogens (tertiary/aromatic N) is 3. The van der Waals surface area contributed by atoms with E-state index in [9.17, 15) is 14.7 Å². The molecular formula is C19H22N4O4. The number of aliphatic hydroxyl groups is 1. The summed E-state index contributed by atoms with van der Waals surface area (Å²) in [4.78, 5) is 32.0. The highest BCUT2D eigenvalue weighted by Gasteiger charge is 2.28. The fourth-order valence-electron chi connectivity index (χ4n) is 3.08. The van der Waals surface area contributed by atoms with Crippen LogP contribution in [0, 0.1) is 0 Å². The van der Waals surface area contributed by atoms with Gasteiger partial charge in [-0.05, 0) is 29.8 Å². The summed E-state index contributed by atoms with van der Waals surface area (Å²) in [5.74, 6) is 0.294. The molecular weight excluding hydrogens is 348 g/mol. The van der Waals surface area contributed by atoms with Gasteiger partial charge in [-0.15, -0.1) is 0 Å².